The first kappa shape index (κ1) is 12.3. The summed E-state index contributed by atoms with van der Waals surface area (Å²) < 4.78 is 0. The van der Waals surface area contributed by atoms with Crippen molar-refractivity contribution in [1.82, 2.24) is 0 Å². The Hall–Kier alpha value is -1.70. The number of benzene rings is 3. The van der Waals surface area contributed by atoms with E-state index in [1.165, 1.54) is 10.8 Å². The standard InChI is InChI=1S/C16H11Cl2N/c17-14-6-3-7-15(16(14)18)19-13-9-8-11-4-1-2-5-12(11)10-13/h1-10,19H. The van der Waals surface area contributed by atoms with Crippen molar-refractivity contribution in [2.24, 2.45) is 0 Å². The van der Waals surface area contributed by atoms with Gasteiger partial charge in [0.15, 0.2) is 0 Å². The smallest absolute Gasteiger partial charge is 0.0827 e. The number of anilines is 2. The van der Waals surface area contributed by atoms with Crippen molar-refractivity contribution in [3.8, 4) is 0 Å². The van der Waals surface area contributed by atoms with Crippen LogP contribution in [-0.2, 0) is 0 Å². The maximum Gasteiger partial charge on any atom is 0.0827 e. The molecule has 0 saturated heterocycles. The van der Waals surface area contributed by atoms with Gasteiger partial charge in [0, 0.05) is 5.69 Å². The Labute approximate surface area is 121 Å². The van der Waals surface area contributed by atoms with Crippen molar-refractivity contribution in [3.05, 3.63) is 70.7 Å². The van der Waals surface area contributed by atoms with Gasteiger partial charge in [-0.3, -0.25) is 0 Å². The molecule has 0 aromatic heterocycles. The Morgan fingerprint density at radius 3 is 2.37 bits per heavy atom. The molecular weight excluding hydrogens is 277 g/mol. The van der Waals surface area contributed by atoms with Gasteiger partial charge in [0.25, 0.3) is 0 Å². The van der Waals surface area contributed by atoms with E-state index in [2.05, 4.69) is 29.6 Å². The third-order valence-electron chi connectivity index (χ3n) is 2.98. The Kier molecular flexibility index (Phi) is 3.33. The van der Waals surface area contributed by atoms with Crippen molar-refractivity contribution in [1.29, 1.82) is 0 Å². The lowest BCUT2D eigenvalue weighted by atomic mass is 10.1. The monoisotopic (exact) mass is 287 g/mol. The molecule has 1 N–H and O–H groups in total. The topological polar surface area (TPSA) is 12.0 Å². The Morgan fingerprint density at radius 1 is 0.737 bits per heavy atom. The van der Waals surface area contributed by atoms with E-state index in [4.69, 9.17) is 23.2 Å². The first-order chi connectivity index (χ1) is 9.24. The third-order valence-corrected chi connectivity index (χ3v) is 3.80. The van der Waals surface area contributed by atoms with E-state index in [9.17, 15) is 0 Å². The summed E-state index contributed by atoms with van der Waals surface area (Å²) in [5, 5.41) is 6.78. The lowest BCUT2D eigenvalue weighted by molar-refractivity contribution is 1.57. The van der Waals surface area contributed by atoms with Crippen LogP contribution in [0.3, 0.4) is 0 Å². The highest BCUT2D eigenvalue weighted by Gasteiger charge is 2.04. The summed E-state index contributed by atoms with van der Waals surface area (Å²) in [5.74, 6) is 0. The Morgan fingerprint density at radius 2 is 1.53 bits per heavy atom. The first-order valence-corrected chi connectivity index (χ1v) is 6.69. The molecule has 0 aliphatic carbocycles. The van der Waals surface area contributed by atoms with Crippen molar-refractivity contribution in [2.45, 2.75) is 0 Å². The number of fused-ring (bicyclic) bond motifs is 1. The van der Waals surface area contributed by atoms with Crippen LogP contribution in [0.25, 0.3) is 10.8 Å². The lowest BCUT2D eigenvalue weighted by Gasteiger charge is -2.10. The minimum atomic E-state index is 0.539. The summed E-state index contributed by atoms with van der Waals surface area (Å²) in [6.07, 6.45) is 0. The number of nitrogens with one attached hydrogen (secondary N) is 1. The number of hydrogen-bond acceptors (Lipinski definition) is 1. The maximum atomic E-state index is 6.17. The highest BCUT2D eigenvalue weighted by atomic mass is 35.5. The van der Waals surface area contributed by atoms with Gasteiger partial charge in [0.2, 0.25) is 0 Å². The molecule has 3 rings (SSSR count). The van der Waals surface area contributed by atoms with Crippen LogP contribution < -0.4 is 5.32 Å². The molecule has 0 spiro atoms. The molecule has 0 heterocycles. The van der Waals surface area contributed by atoms with Crippen LogP contribution in [0.2, 0.25) is 10.0 Å². The zero-order valence-corrected chi connectivity index (χ0v) is 11.5. The molecule has 3 aromatic rings. The Balaban J connectivity index is 1.99. The minimum absolute atomic E-state index is 0.539. The summed E-state index contributed by atoms with van der Waals surface area (Å²) in [4.78, 5) is 0. The van der Waals surface area contributed by atoms with Gasteiger partial charge in [0.05, 0.1) is 15.7 Å². The fourth-order valence-corrected chi connectivity index (χ4v) is 2.37. The van der Waals surface area contributed by atoms with E-state index in [0.29, 0.717) is 10.0 Å². The van der Waals surface area contributed by atoms with Crippen molar-refractivity contribution < 1.29 is 0 Å². The molecule has 19 heavy (non-hydrogen) atoms. The second kappa shape index (κ2) is 5.12. The summed E-state index contributed by atoms with van der Waals surface area (Å²) in [7, 11) is 0. The van der Waals surface area contributed by atoms with Crippen LogP contribution in [0.1, 0.15) is 0 Å². The van der Waals surface area contributed by atoms with E-state index in [0.717, 1.165) is 11.4 Å². The predicted molar refractivity (Wildman–Crippen MR) is 83.7 cm³/mol. The Bertz CT molecular complexity index is 738. The van der Waals surface area contributed by atoms with E-state index >= 15 is 0 Å². The first-order valence-electron chi connectivity index (χ1n) is 5.94. The predicted octanol–water partition coefficient (Wildman–Crippen LogP) is 5.89. The molecule has 0 atom stereocenters. The van der Waals surface area contributed by atoms with Crippen LogP contribution >= 0.6 is 23.2 Å². The molecule has 0 unspecified atom stereocenters. The molecule has 0 aliphatic heterocycles. The van der Waals surface area contributed by atoms with Crippen LogP contribution in [0.4, 0.5) is 11.4 Å². The number of rotatable bonds is 2. The third kappa shape index (κ3) is 2.53. The van der Waals surface area contributed by atoms with Crippen LogP contribution in [-0.4, -0.2) is 0 Å². The SMILES string of the molecule is Clc1cccc(Nc2ccc3ccccc3c2)c1Cl. The summed E-state index contributed by atoms with van der Waals surface area (Å²) >= 11 is 12.2. The highest BCUT2D eigenvalue weighted by molar-refractivity contribution is 6.43. The fraction of sp³-hybridized carbons (Fsp3) is 0. The lowest BCUT2D eigenvalue weighted by Crippen LogP contribution is -1.91. The second-order valence-electron chi connectivity index (χ2n) is 4.29. The maximum absolute atomic E-state index is 6.17. The van der Waals surface area contributed by atoms with Crippen molar-refractivity contribution >= 4 is 45.3 Å². The second-order valence-corrected chi connectivity index (χ2v) is 5.07. The van der Waals surface area contributed by atoms with Gasteiger partial charge >= 0.3 is 0 Å². The number of halogens is 2. The normalized spacial score (nSPS) is 10.6. The van der Waals surface area contributed by atoms with E-state index in [1.54, 1.807) is 6.07 Å². The van der Waals surface area contributed by atoms with Gasteiger partial charge in [-0.15, -0.1) is 0 Å². The average Bonchev–Trinajstić information content (AvgIpc) is 2.44. The summed E-state index contributed by atoms with van der Waals surface area (Å²) in [6.45, 7) is 0. The molecule has 0 bridgehead atoms. The molecular formula is C16H11Cl2N. The summed E-state index contributed by atoms with van der Waals surface area (Å²) in [6, 6.07) is 20.0. The highest BCUT2D eigenvalue weighted by Crippen LogP contribution is 2.32. The van der Waals surface area contributed by atoms with Crippen LogP contribution in [0, 0.1) is 0 Å². The largest absolute Gasteiger partial charge is 0.354 e. The quantitative estimate of drug-likeness (QED) is 0.620. The molecule has 3 aromatic carbocycles. The zero-order chi connectivity index (χ0) is 13.2. The van der Waals surface area contributed by atoms with Gasteiger partial charge in [-0.05, 0) is 35.0 Å². The van der Waals surface area contributed by atoms with Gasteiger partial charge in [-0.2, -0.15) is 0 Å². The van der Waals surface area contributed by atoms with Crippen molar-refractivity contribution in [2.75, 3.05) is 5.32 Å². The van der Waals surface area contributed by atoms with Gasteiger partial charge in [0.1, 0.15) is 0 Å². The van der Waals surface area contributed by atoms with Crippen LogP contribution in [0.5, 0.6) is 0 Å². The average molecular weight is 288 g/mol. The molecule has 0 saturated carbocycles. The van der Waals surface area contributed by atoms with Gasteiger partial charge in [-0.25, -0.2) is 0 Å². The fourth-order valence-electron chi connectivity index (χ4n) is 2.02. The van der Waals surface area contributed by atoms with E-state index < -0.39 is 0 Å². The number of hydrogen-bond donors (Lipinski definition) is 1. The van der Waals surface area contributed by atoms with E-state index in [-0.39, 0.29) is 0 Å². The van der Waals surface area contributed by atoms with Gasteiger partial charge < -0.3 is 5.32 Å². The zero-order valence-electron chi connectivity index (χ0n) is 10.0. The molecule has 1 nitrogen and oxygen atoms in total. The molecule has 0 radical (unpaired) electrons. The van der Waals surface area contributed by atoms with Crippen LogP contribution in [0.15, 0.2) is 60.7 Å². The minimum Gasteiger partial charge on any atom is -0.354 e. The molecule has 0 fully saturated rings. The van der Waals surface area contributed by atoms with Gasteiger partial charge in [-0.1, -0.05) is 59.6 Å². The van der Waals surface area contributed by atoms with Crippen molar-refractivity contribution in [3.63, 3.8) is 0 Å². The summed E-state index contributed by atoms with van der Waals surface area (Å²) in [5.41, 5.74) is 1.80. The molecule has 0 amide bonds. The molecule has 3 heteroatoms. The van der Waals surface area contributed by atoms with E-state index in [1.807, 2.05) is 30.3 Å². The molecule has 94 valence electrons. The molecule has 0 aliphatic rings.